The van der Waals surface area contributed by atoms with Gasteiger partial charge in [0, 0.05) is 25.7 Å². The van der Waals surface area contributed by atoms with Crippen molar-refractivity contribution in [2.45, 2.75) is 53.4 Å². The lowest BCUT2D eigenvalue weighted by Crippen LogP contribution is -2.24. The van der Waals surface area contributed by atoms with Crippen molar-refractivity contribution in [2.75, 3.05) is 0 Å². The van der Waals surface area contributed by atoms with Gasteiger partial charge in [-0.15, -0.1) is 0 Å². The number of nitro groups is 4. The highest BCUT2D eigenvalue weighted by Gasteiger charge is 2.12. The molecule has 4 aromatic rings. The fourth-order valence-electron chi connectivity index (χ4n) is 2.68. The number of aliphatic carboxylic acids is 4. The van der Waals surface area contributed by atoms with Crippen molar-refractivity contribution in [1.82, 2.24) is 21.7 Å². The van der Waals surface area contributed by atoms with Gasteiger partial charge in [-0.1, -0.05) is 27.7 Å². The van der Waals surface area contributed by atoms with Crippen LogP contribution in [0.4, 0.5) is 42.7 Å². The molecular formula is C36H48N16O24. The van der Waals surface area contributed by atoms with Crippen LogP contribution in [0, 0.1) is 40.5 Å². The number of hydrazone groups is 4. The molecule has 0 aliphatic carbocycles. The minimum Gasteiger partial charge on any atom is -0.481 e. The van der Waals surface area contributed by atoms with Gasteiger partial charge in [0.05, 0.1) is 49.1 Å². The quantitative estimate of drug-likeness (QED) is 0.0436. The maximum atomic E-state index is 10.2. The molecule has 16 N–H and O–H groups in total. The predicted molar refractivity (Wildman–Crippen MR) is 254 cm³/mol. The SMILES string of the molecule is CCC(=O)O.CCC(=O)O.CCC(=O)O.CCC(=O)O.NC(=O)N/N=C/c1ccc([N+](=O)[O-])o1.NC(=O)N/N=C/c1ccc([N+](=O)[O-])o1.NC(=O)N/N=C/c1ccc([N+](=O)[O-])o1.NC(=O)N/N=C/c1ccc([N+](=O)[O-])o1. The number of nitrogens with one attached hydrogen (secondary N) is 4. The van der Waals surface area contributed by atoms with Crippen LogP contribution in [0.2, 0.25) is 0 Å². The molecule has 0 spiro atoms. The van der Waals surface area contributed by atoms with E-state index in [1.165, 1.54) is 48.5 Å². The molecule has 76 heavy (non-hydrogen) atoms. The molecule has 0 aliphatic heterocycles. The van der Waals surface area contributed by atoms with E-state index in [0.29, 0.717) is 0 Å². The number of amides is 8. The van der Waals surface area contributed by atoms with Crippen molar-refractivity contribution in [2.24, 2.45) is 43.3 Å². The highest BCUT2D eigenvalue weighted by atomic mass is 16.7. The third-order valence-electron chi connectivity index (χ3n) is 5.85. The average Bonchev–Trinajstić information content (AvgIpc) is 4.19. The highest BCUT2D eigenvalue weighted by Crippen LogP contribution is 2.16. The van der Waals surface area contributed by atoms with E-state index in [4.69, 9.17) is 43.4 Å². The molecule has 416 valence electrons. The van der Waals surface area contributed by atoms with E-state index >= 15 is 0 Å². The van der Waals surface area contributed by atoms with Crippen molar-refractivity contribution in [3.8, 4) is 0 Å². The monoisotopic (exact) mass is 1090 g/mol. The molecule has 0 aliphatic rings. The normalized spacial score (nSPS) is 9.53. The summed E-state index contributed by atoms with van der Waals surface area (Å²) in [5.74, 6) is -4.00. The van der Waals surface area contributed by atoms with Crippen molar-refractivity contribution >= 4 is 96.4 Å². The van der Waals surface area contributed by atoms with E-state index in [-0.39, 0.29) is 48.7 Å². The molecule has 0 fully saturated rings. The number of primary amides is 4. The van der Waals surface area contributed by atoms with Crippen LogP contribution in [0.15, 0.2) is 86.6 Å². The first-order valence-corrected chi connectivity index (χ1v) is 19.6. The first-order chi connectivity index (χ1) is 35.4. The van der Waals surface area contributed by atoms with Gasteiger partial charge in [-0.2, -0.15) is 20.4 Å². The van der Waals surface area contributed by atoms with Crippen LogP contribution in [0.3, 0.4) is 0 Å². The second-order valence-electron chi connectivity index (χ2n) is 11.7. The summed E-state index contributed by atoms with van der Waals surface area (Å²) < 4.78 is 18.7. The minimum atomic E-state index is -0.831. The number of carbonyl (C=O) groups is 8. The standard InChI is InChI=1S/4C6H6N4O4.4C3H6O2/c4*7-6(11)9-8-3-4-1-2-5(14-4)10(12)13;4*1-2-3(4)5/h4*1-3H,(H3,7,9,11);4*2H2,1H3,(H,4,5)/b4*8-3+;;;;. The topological polar surface area (TPSA) is 644 Å². The number of furan rings is 4. The van der Waals surface area contributed by atoms with E-state index in [1.54, 1.807) is 27.7 Å². The number of hydrogen-bond donors (Lipinski definition) is 12. The molecule has 0 radical (unpaired) electrons. The van der Waals surface area contributed by atoms with Gasteiger partial charge in [0.1, 0.15) is 19.7 Å². The molecule has 40 nitrogen and oxygen atoms in total. The van der Waals surface area contributed by atoms with E-state index < -0.39 is 91.2 Å². The zero-order valence-electron chi connectivity index (χ0n) is 39.6. The molecule has 0 saturated heterocycles. The Bertz CT molecular complexity index is 2280. The van der Waals surface area contributed by atoms with E-state index in [1.807, 2.05) is 21.7 Å². The van der Waals surface area contributed by atoms with Gasteiger partial charge < -0.3 is 61.0 Å². The molecule has 0 atom stereocenters. The lowest BCUT2D eigenvalue weighted by Gasteiger charge is -1.88. The zero-order valence-corrected chi connectivity index (χ0v) is 39.6. The number of nitrogens with two attached hydrogens (primary N) is 4. The highest BCUT2D eigenvalue weighted by molar-refractivity contribution is 5.81. The second kappa shape index (κ2) is 42.3. The Morgan fingerprint density at radius 3 is 0.645 bits per heavy atom. The number of rotatable bonds is 16. The van der Waals surface area contributed by atoms with Gasteiger partial charge in [-0.25, -0.2) is 40.9 Å². The average molecular weight is 1090 g/mol. The van der Waals surface area contributed by atoms with E-state index in [2.05, 4.69) is 38.1 Å². The molecule has 8 amide bonds. The van der Waals surface area contributed by atoms with Crippen LogP contribution in [0.25, 0.3) is 0 Å². The molecule has 4 heterocycles. The fraction of sp³-hybridized carbons (Fsp3) is 0.222. The molecule has 40 heteroatoms. The van der Waals surface area contributed by atoms with Crippen LogP contribution in [0.5, 0.6) is 0 Å². The Hall–Kier alpha value is -11.6. The molecule has 4 aromatic heterocycles. The number of carboxylic acids is 4. The fourth-order valence-corrected chi connectivity index (χ4v) is 2.68. The van der Waals surface area contributed by atoms with Crippen molar-refractivity contribution in [3.05, 3.63) is 112 Å². The first-order valence-electron chi connectivity index (χ1n) is 19.6. The summed E-state index contributed by atoms with van der Waals surface area (Å²) in [5, 5.41) is 85.0. The number of carbonyl (C=O) groups excluding carboxylic acids is 4. The van der Waals surface area contributed by atoms with Gasteiger partial charge in [0.25, 0.3) is 0 Å². The smallest absolute Gasteiger partial charge is 0.433 e. The van der Waals surface area contributed by atoms with Crippen molar-refractivity contribution in [1.29, 1.82) is 0 Å². The second-order valence-corrected chi connectivity index (χ2v) is 11.7. The molecule has 0 aromatic carbocycles. The van der Waals surface area contributed by atoms with Gasteiger partial charge in [0.2, 0.25) is 0 Å². The number of nitrogens with zero attached hydrogens (tertiary/aromatic N) is 8. The molecule has 0 saturated carbocycles. The summed E-state index contributed by atoms with van der Waals surface area (Å²) in [5.41, 5.74) is 26.5. The molecule has 0 bridgehead atoms. The van der Waals surface area contributed by atoms with Crippen molar-refractivity contribution in [3.63, 3.8) is 0 Å². The Balaban J connectivity index is -0.000000406. The maximum Gasteiger partial charge on any atom is 0.433 e. The zero-order chi connectivity index (χ0) is 59.3. The van der Waals surface area contributed by atoms with Gasteiger partial charge in [0.15, 0.2) is 23.0 Å². The third-order valence-corrected chi connectivity index (χ3v) is 5.85. The van der Waals surface area contributed by atoms with Crippen molar-refractivity contribution < 1.29 is 96.1 Å². The Kier molecular flexibility index (Phi) is 39.4. The van der Waals surface area contributed by atoms with Gasteiger partial charge >= 0.3 is 71.5 Å². The molecule has 4 rings (SSSR count). The Morgan fingerprint density at radius 1 is 0.408 bits per heavy atom. The lowest BCUT2D eigenvalue weighted by atomic mass is 10.5. The number of carboxylic acid groups (broad SMARTS) is 4. The maximum absolute atomic E-state index is 10.2. The minimum absolute atomic E-state index is 0.144. The summed E-state index contributed by atoms with van der Waals surface area (Å²) in [6, 6.07) is 6.71. The van der Waals surface area contributed by atoms with Gasteiger partial charge in [-0.3, -0.25) is 59.6 Å². The van der Waals surface area contributed by atoms with Crippen LogP contribution in [0.1, 0.15) is 76.4 Å². The molecular weight excluding hydrogens is 1040 g/mol. The number of hydrogen-bond acceptors (Lipinski definition) is 24. The summed E-state index contributed by atoms with van der Waals surface area (Å²) in [7, 11) is 0. The molecule has 0 unspecified atom stereocenters. The summed E-state index contributed by atoms with van der Waals surface area (Å²) in [6.07, 6.45) is 5.27. The number of urea groups is 4. The van der Waals surface area contributed by atoms with E-state index in [9.17, 15) is 78.8 Å². The first kappa shape index (κ1) is 70.9. The van der Waals surface area contributed by atoms with Crippen LogP contribution < -0.4 is 44.6 Å². The Morgan fingerprint density at radius 2 is 0.553 bits per heavy atom. The summed E-state index contributed by atoms with van der Waals surface area (Å²) in [6.45, 7) is 6.40. The van der Waals surface area contributed by atoms with Crippen LogP contribution in [-0.2, 0) is 19.2 Å². The van der Waals surface area contributed by atoms with Crippen LogP contribution in [-0.4, -0.2) is 113 Å². The van der Waals surface area contributed by atoms with Crippen LogP contribution >= 0.6 is 0 Å². The Labute approximate surface area is 422 Å². The largest absolute Gasteiger partial charge is 0.481 e. The lowest BCUT2D eigenvalue weighted by molar-refractivity contribution is -0.402. The summed E-state index contributed by atoms with van der Waals surface area (Å²) >= 11 is 0. The summed E-state index contributed by atoms with van der Waals surface area (Å²) in [4.78, 5) is 116. The van der Waals surface area contributed by atoms with E-state index in [0.717, 1.165) is 24.9 Å². The third kappa shape index (κ3) is 44.8. The predicted octanol–water partition coefficient (Wildman–Crippen LogP) is 2.68. The van der Waals surface area contributed by atoms with Gasteiger partial charge in [-0.05, 0) is 24.3 Å².